The molecule has 0 bridgehead atoms. The van der Waals surface area contributed by atoms with E-state index in [4.69, 9.17) is 4.42 Å². The molecule has 0 aliphatic heterocycles. The molecule has 1 rings (SSSR count). The number of hydrogen-bond donors (Lipinski definition) is 1. The molecule has 1 amide bonds. The van der Waals surface area contributed by atoms with E-state index in [1.54, 1.807) is 6.07 Å². The minimum absolute atomic E-state index is 0.107. The molecule has 1 heterocycles. The van der Waals surface area contributed by atoms with Crippen molar-refractivity contribution < 1.29 is 9.21 Å². The Hall–Kier alpha value is -0.290. The summed E-state index contributed by atoms with van der Waals surface area (Å²) in [5.74, 6) is -0.107. The van der Waals surface area contributed by atoms with Gasteiger partial charge in [-0.05, 0) is 12.5 Å². The first kappa shape index (κ1) is 12.8. The van der Waals surface area contributed by atoms with E-state index in [1.165, 1.54) is 12.5 Å². The van der Waals surface area contributed by atoms with Crippen molar-refractivity contribution in [3.63, 3.8) is 0 Å². The summed E-state index contributed by atoms with van der Waals surface area (Å²) in [6.45, 7) is 2.04. The molecule has 0 aliphatic carbocycles. The SMILES string of the molecule is CCC(CBr)(CBr)NC(=O)c1ccoc1. The predicted molar refractivity (Wildman–Crippen MR) is 66.8 cm³/mol. The van der Waals surface area contributed by atoms with E-state index < -0.39 is 0 Å². The average Bonchev–Trinajstić information content (AvgIpc) is 2.79. The van der Waals surface area contributed by atoms with Crippen LogP contribution in [0.1, 0.15) is 23.7 Å². The highest BCUT2D eigenvalue weighted by Crippen LogP contribution is 2.17. The first-order valence-corrected chi connectivity index (χ1v) is 6.88. The Kier molecular flexibility index (Phi) is 4.86. The normalized spacial score (nSPS) is 11.4. The van der Waals surface area contributed by atoms with Crippen molar-refractivity contribution in [2.45, 2.75) is 18.9 Å². The topological polar surface area (TPSA) is 42.2 Å². The van der Waals surface area contributed by atoms with Gasteiger partial charge >= 0.3 is 0 Å². The summed E-state index contributed by atoms with van der Waals surface area (Å²) < 4.78 is 4.87. The average molecular weight is 339 g/mol. The molecule has 1 N–H and O–H groups in total. The van der Waals surface area contributed by atoms with Crippen LogP contribution >= 0.6 is 31.9 Å². The molecule has 1 aromatic heterocycles. The second-order valence-corrected chi connectivity index (χ2v) is 4.49. The largest absolute Gasteiger partial charge is 0.472 e. The molecule has 0 saturated carbocycles. The van der Waals surface area contributed by atoms with Crippen LogP contribution < -0.4 is 5.32 Å². The standard InChI is InChI=1S/C10H13Br2NO2/c1-2-10(6-11,7-12)13-9(14)8-3-4-15-5-8/h3-5H,2,6-7H2,1H3,(H,13,14). The van der Waals surface area contributed by atoms with Crippen LogP contribution in [-0.4, -0.2) is 22.1 Å². The molecule has 0 unspecified atom stereocenters. The first-order valence-electron chi connectivity index (χ1n) is 4.64. The van der Waals surface area contributed by atoms with Crippen LogP contribution in [0, 0.1) is 0 Å². The lowest BCUT2D eigenvalue weighted by Crippen LogP contribution is -2.51. The maximum Gasteiger partial charge on any atom is 0.255 e. The van der Waals surface area contributed by atoms with Crippen molar-refractivity contribution >= 4 is 37.8 Å². The zero-order valence-corrected chi connectivity index (χ0v) is 11.6. The van der Waals surface area contributed by atoms with Gasteiger partial charge in [0.05, 0.1) is 17.4 Å². The van der Waals surface area contributed by atoms with Gasteiger partial charge in [-0.2, -0.15) is 0 Å². The molecule has 0 aromatic carbocycles. The summed E-state index contributed by atoms with van der Waals surface area (Å²) >= 11 is 6.83. The summed E-state index contributed by atoms with van der Waals surface area (Å²) in [7, 11) is 0. The first-order chi connectivity index (χ1) is 7.17. The molecule has 0 spiro atoms. The van der Waals surface area contributed by atoms with E-state index in [9.17, 15) is 4.79 Å². The highest BCUT2D eigenvalue weighted by Gasteiger charge is 2.28. The number of nitrogens with one attached hydrogen (secondary N) is 1. The van der Waals surface area contributed by atoms with Crippen molar-refractivity contribution in [3.8, 4) is 0 Å². The predicted octanol–water partition coefficient (Wildman–Crippen LogP) is 2.95. The third-order valence-corrected chi connectivity index (χ3v) is 4.50. The molecule has 15 heavy (non-hydrogen) atoms. The summed E-state index contributed by atoms with van der Waals surface area (Å²) in [4.78, 5) is 11.8. The fraction of sp³-hybridized carbons (Fsp3) is 0.500. The summed E-state index contributed by atoms with van der Waals surface area (Å²) in [5.41, 5.74) is 0.309. The molecule has 3 nitrogen and oxygen atoms in total. The third-order valence-electron chi connectivity index (χ3n) is 2.35. The minimum atomic E-state index is -0.242. The molecule has 0 atom stereocenters. The molecular weight excluding hydrogens is 326 g/mol. The number of furan rings is 1. The number of rotatable bonds is 5. The minimum Gasteiger partial charge on any atom is -0.472 e. The van der Waals surface area contributed by atoms with E-state index in [0.717, 1.165) is 6.42 Å². The van der Waals surface area contributed by atoms with Crippen LogP contribution in [0.3, 0.4) is 0 Å². The van der Waals surface area contributed by atoms with Gasteiger partial charge in [0.15, 0.2) is 0 Å². The van der Waals surface area contributed by atoms with Crippen molar-refractivity contribution in [2.75, 3.05) is 10.7 Å². The maximum atomic E-state index is 11.8. The van der Waals surface area contributed by atoms with Crippen LogP contribution in [-0.2, 0) is 0 Å². The van der Waals surface area contributed by atoms with Gasteiger partial charge in [-0.1, -0.05) is 38.8 Å². The van der Waals surface area contributed by atoms with Gasteiger partial charge in [0, 0.05) is 10.7 Å². The summed E-state index contributed by atoms with van der Waals surface area (Å²) in [6, 6.07) is 1.65. The molecule has 5 heteroatoms. The lowest BCUT2D eigenvalue weighted by molar-refractivity contribution is 0.0915. The lowest BCUT2D eigenvalue weighted by Gasteiger charge is -2.29. The Labute approximate surface area is 106 Å². The van der Waals surface area contributed by atoms with Gasteiger partial charge in [-0.3, -0.25) is 4.79 Å². The van der Waals surface area contributed by atoms with Gasteiger partial charge in [-0.25, -0.2) is 0 Å². The van der Waals surface area contributed by atoms with Gasteiger partial charge in [0.1, 0.15) is 6.26 Å². The van der Waals surface area contributed by atoms with Crippen LogP contribution in [0.25, 0.3) is 0 Å². The smallest absolute Gasteiger partial charge is 0.255 e. The molecule has 1 aromatic rings. The Morgan fingerprint density at radius 3 is 2.60 bits per heavy atom. The van der Waals surface area contributed by atoms with Crippen LogP contribution in [0.5, 0.6) is 0 Å². The number of hydrogen-bond acceptors (Lipinski definition) is 2. The second kappa shape index (κ2) is 5.70. The lowest BCUT2D eigenvalue weighted by atomic mass is 10.0. The van der Waals surface area contributed by atoms with E-state index in [0.29, 0.717) is 16.2 Å². The number of carbonyl (C=O) groups excluding carboxylic acids is 1. The van der Waals surface area contributed by atoms with E-state index in [2.05, 4.69) is 37.2 Å². The van der Waals surface area contributed by atoms with Crippen LogP contribution in [0.15, 0.2) is 23.0 Å². The zero-order valence-electron chi connectivity index (χ0n) is 8.43. The van der Waals surface area contributed by atoms with Crippen molar-refractivity contribution in [1.82, 2.24) is 5.32 Å². The highest BCUT2D eigenvalue weighted by atomic mass is 79.9. The van der Waals surface area contributed by atoms with Crippen LogP contribution in [0.2, 0.25) is 0 Å². The summed E-state index contributed by atoms with van der Waals surface area (Å²) in [5, 5.41) is 4.42. The van der Waals surface area contributed by atoms with Crippen molar-refractivity contribution in [2.24, 2.45) is 0 Å². The van der Waals surface area contributed by atoms with Crippen LogP contribution in [0.4, 0.5) is 0 Å². The fourth-order valence-corrected chi connectivity index (χ4v) is 3.09. The number of amides is 1. The molecular formula is C10H13Br2NO2. The number of carbonyl (C=O) groups is 1. The highest BCUT2D eigenvalue weighted by molar-refractivity contribution is 9.09. The molecule has 0 aliphatic rings. The van der Waals surface area contributed by atoms with Gasteiger partial charge in [0.25, 0.3) is 5.91 Å². The zero-order chi connectivity index (χ0) is 11.3. The maximum absolute atomic E-state index is 11.8. The monoisotopic (exact) mass is 337 g/mol. The van der Waals surface area contributed by atoms with Crippen molar-refractivity contribution in [1.29, 1.82) is 0 Å². The quantitative estimate of drug-likeness (QED) is 0.839. The Morgan fingerprint density at radius 2 is 2.20 bits per heavy atom. The molecule has 0 fully saturated rings. The van der Waals surface area contributed by atoms with Gasteiger partial charge in [0.2, 0.25) is 0 Å². The Balaban J connectivity index is 2.71. The summed E-state index contributed by atoms with van der Waals surface area (Å²) in [6.07, 6.45) is 3.79. The Bertz CT molecular complexity index is 299. The van der Waals surface area contributed by atoms with E-state index >= 15 is 0 Å². The van der Waals surface area contributed by atoms with E-state index in [-0.39, 0.29) is 11.4 Å². The van der Waals surface area contributed by atoms with Crippen molar-refractivity contribution in [3.05, 3.63) is 24.2 Å². The molecule has 84 valence electrons. The number of halogens is 2. The van der Waals surface area contributed by atoms with Gasteiger partial charge < -0.3 is 9.73 Å². The Morgan fingerprint density at radius 1 is 1.53 bits per heavy atom. The van der Waals surface area contributed by atoms with E-state index in [1.807, 2.05) is 6.92 Å². The van der Waals surface area contributed by atoms with Gasteiger partial charge in [-0.15, -0.1) is 0 Å². The fourth-order valence-electron chi connectivity index (χ4n) is 1.09. The number of alkyl halides is 2. The third kappa shape index (κ3) is 3.08. The molecule has 0 saturated heterocycles. The second-order valence-electron chi connectivity index (χ2n) is 3.37. The molecule has 0 radical (unpaired) electrons.